The van der Waals surface area contributed by atoms with Gasteiger partial charge in [-0.15, -0.1) is 0 Å². The number of carbonyl (C=O) groups is 6. The van der Waals surface area contributed by atoms with Crippen LogP contribution in [0.3, 0.4) is 0 Å². The highest BCUT2D eigenvalue weighted by Gasteiger charge is 2.77. The zero-order valence-electron chi connectivity index (χ0n) is 36.9. The molecule has 3 aromatic carbocycles. The van der Waals surface area contributed by atoms with Crippen LogP contribution in [0.1, 0.15) is 107 Å². The second-order valence-electron chi connectivity index (χ2n) is 18.6. The SMILES string of the molecule is CC(=O)OC1C(=O)C2(C)C(C)CC3OCC3(OC(C)=O)C2C(OC(=O)c2ccccc2)C2(C)CC(OC(=O)C(C)C(NC(=O)c3ccccc3)c3ccccc3)C(C)=C1C2(C)C. The summed E-state index contributed by atoms with van der Waals surface area (Å²) in [5, 5.41) is 3.05. The van der Waals surface area contributed by atoms with Crippen molar-refractivity contribution < 1.29 is 52.5 Å². The van der Waals surface area contributed by atoms with Crippen LogP contribution in [0.15, 0.2) is 102 Å². The lowest BCUT2D eigenvalue weighted by atomic mass is 9.41. The molecule has 12 heteroatoms. The molecule has 3 aromatic rings. The van der Waals surface area contributed by atoms with Crippen LogP contribution >= 0.6 is 0 Å². The maximum Gasteiger partial charge on any atom is 0.338 e. The van der Waals surface area contributed by atoms with Crippen molar-refractivity contribution in [1.29, 1.82) is 0 Å². The molecule has 1 amide bonds. The Kier molecular flexibility index (Phi) is 11.9. The van der Waals surface area contributed by atoms with Gasteiger partial charge in [-0.05, 0) is 79.0 Å². The molecule has 0 spiro atoms. The Labute approximate surface area is 363 Å². The van der Waals surface area contributed by atoms with Crippen molar-refractivity contribution in [3.63, 3.8) is 0 Å². The molecule has 1 saturated heterocycles. The Morgan fingerprint density at radius 2 is 1.37 bits per heavy atom. The molecule has 1 aliphatic heterocycles. The normalized spacial score (nSPS) is 31.9. The fraction of sp³-hybridized carbons (Fsp3) is 0.480. The molecule has 2 bridgehead atoms. The quantitative estimate of drug-likeness (QED) is 0.122. The van der Waals surface area contributed by atoms with E-state index in [4.69, 9.17) is 23.7 Å². The minimum atomic E-state index is -1.43. The van der Waals surface area contributed by atoms with Crippen LogP contribution in [0, 0.1) is 34.0 Å². The summed E-state index contributed by atoms with van der Waals surface area (Å²) >= 11 is 0. The average Bonchev–Trinajstić information content (AvgIpc) is 3.24. The predicted octanol–water partition coefficient (Wildman–Crippen LogP) is 7.56. The van der Waals surface area contributed by atoms with Crippen LogP contribution in [0.4, 0.5) is 0 Å². The number of Topliss-reactive ketones (excluding diaryl/α,β-unsaturated/α-hetero) is 1. The van der Waals surface area contributed by atoms with Gasteiger partial charge >= 0.3 is 23.9 Å². The maximum absolute atomic E-state index is 15.8. The minimum absolute atomic E-state index is 0.0567. The maximum atomic E-state index is 15.8. The summed E-state index contributed by atoms with van der Waals surface area (Å²) < 4.78 is 31.9. The lowest BCUT2D eigenvalue weighted by Gasteiger charge is -2.68. The van der Waals surface area contributed by atoms with E-state index in [-0.39, 0.29) is 24.5 Å². The summed E-state index contributed by atoms with van der Waals surface area (Å²) in [4.78, 5) is 84.8. The monoisotopic (exact) mass is 847 g/mol. The van der Waals surface area contributed by atoms with Crippen molar-refractivity contribution in [2.75, 3.05) is 6.61 Å². The van der Waals surface area contributed by atoms with Crippen molar-refractivity contribution in [1.82, 2.24) is 5.32 Å². The Morgan fingerprint density at radius 3 is 1.92 bits per heavy atom. The number of fused-ring (bicyclic) bond motifs is 5. The second-order valence-corrected chi connectivity index (χ2v) is 18.6. The van der Waals surface area contributed by atoms with E-state index in [0.29, 0.717) is 28.7 Å². The molecule has 3 aliphatic carbocycles. The number of esters is 4. The highest BCUT2D eigenvalue weighted by Crippen LogP contribution is 2.68. The van der Waals surface area contributed by atoms with Crippen molar-refractivity contribution in [3.05, 3.63) is 119 Å². The van der Waals surface area contributed by atoms with E-state index in [2.05, 4.69) is 5.32 Å². The molecule has 3 fully saturated rings. The van der Waals surface area contributed by atoms with E-state index >= 15 is 4.79 Å². The zero-order chi connectivity index (χ0) is 44.9. The topological polar surface area (TPSA) is 161 Å². The minimum Gasteiger partial charge on any atom is -0.458 e. The van der Waals surface area contributed by atoms with E-state index in [1.165, 1.54) is 13.8 Å². The molecule has 0 radical (unpaired) electrons. The Balaban J connectivity index is 1.39. The van der Waals surface area contributed by atoms with E-state index in [9.17, 15) is 24.0 Å². The number of amides is 1. The Morgan fingerprint density at radius 1 is 0.790 bits per heavy atom. The molecular formula is C50H57NO11. The van der Waals surface area contributed by atoms with Gasteiger partial charge in [0.05, 0.1) is 30.0 Å². The number of hydrogen-bond donors (Lipinski definition) is 1. The van der Waals surface area contributed by atoms with Crippen LogP contribution in [-0.4, -0.2) is 72.2 Å². The van der Waals surface area contributed by atoms with E-state index in [0.717, 1.165) is 0 Å². The number of rotatable bonds is 10. The lowest BCUT2D eigenvalue weighted by molar-refractivity contribution is -0.334. The molecule has 7 rings (SSSR count). The van der Waals surface area contributed by atoms with Gasteiger partial charge < -0.3 is 29.0 Å². The molecule has 0 aromatic heterocycles. The molecule has 1 heterocycles. The summed E-state index contributed by atoms with van der Waals surface area (Å²) in [5.41, 5.74) is -2.75. The third kappa shape index (κ3) is 7.33. The number of benzene rings is 3. The number of ketones is 1. The van der Waals surface area contributed by atoms with Gasteiger partial charge in [0.15, 0.2) is 17.5 Å². The lowest BCUT2D eigenvalue weighted by Crippen LogP contribution is -2.79. The van der Waals surface area contributed by atoms with Crippen LogP contribution in [-0.2, 0) is 42.9 Å². The molecule has 2 saturated carbocycles. The molecule has 1 N–H and O–H groups in total. The van der Waals surface area contributed by atoms with Crippen LogP contribution in [0.2, 0.25) is 0 Å². The van der Waals surface area contributed by atoms with Gasteiger partial charge in [-0.1, -0.05) is 101 Å². The van der Waals surface area contributed by atoms with Gasteiger partial charge in [-0.25, -0.2) is 4.79 Å². The number of ether oxygens (including phenoxy) is 5. The molecule has 11 atom stereocenters. The third-order valence-corrected chi connectivity index (χ3v) is 14.9. The number of nitrogens with one attached hydrogen (secondary N) is 1. The average molecular weight is 848 g/mol. The van der Waals surface area contributed by atoms with Gasteiger partial charge in [0.1, 0.15) is 18.3 Å². The highest BCUT2D eigenvalue weighted by atomic mass is 16.6. The van der Waals surface area contributed by atoms with Crippen LogP contribution < -0.4 is 5.32 Å². The zero-order valence-corrected chi connectivity index (χ0v) is 36.9. The smallest absolute Gasteiger partial charge is 0.338 e. The molecule has 62 heavy (non-hydrogen) atoms. The first-order valence-corrected chi connectivity index (χ1v) is 21.4. The predicted molar refractivity (Wildman–Crippen MR) is 227 cm³/mol. The van der Waals surface area contributed by atoms with Crippen molar-refractivity contribution in [3.8, 4) is 0 Å². The Hall–Kier alpha value is -5.62. The highest BCUT2D eigenvalue weighted by molar-refractivity contribution is 5.96. The molecule has 328 valence electrons. The first-order valence-electron chi connectivity index (χ1n) is 21.4. The van der Waals surface area contributed by atoms with Gasteiger partial charge in [0.2, 0.25) is 0 Å². The fourth-order valence-electron chi connectivity index (χ4n) is 11.0. The second kappa shape index (κ2) is 16.6. The van der Waals surface area contributed by atoms with Crippen molar-refractivity contribution >= 4 is 35.6 Å². The third-order valence-electron chi connectivity index (χ3n) is 14.9. The van der Waals surface area contributed by atoms with Crippen LogP contribution in [0.25, 0.3) is 0 Å². The fourth-order valence-corrected chi connectivity index (χ4v) is 11.0. The summed E-state index contributed by atoms with van der Waals surface area (Å²) in [5.74, 6) is -5.73. The summed E-state index contributed by atoms with van der Waals surface area (Å²) in [6.07, 6.45) is -3.80. The molecule has 12 nitrogen and oxygen atoms in total. The molecule has 4 aliphatic rings. The molecule has 11 unspecified atom stereocenters. The number of carbonyl (C=O) groups excluding carboxylic acids is 6. The van der Waals surface area contributed by atoms with Gasteiger partial charge in [0.25, 0.3) is 5.91 Å². The standard InChI is InChI=1S/C50H57NO11/c1-28-25-37-50(27-58-37,62-32(5)53)41-43(61-46(57)35-23-17-12-18-24-35)48(8)26-36(29(2)38(47(48,6)7)40(59-31(4)52)42(54)49(28,41)9)60-45(56)30(3)39(33-19-13-10-14-20-33)51-44(55)34-21-15-11-16-22-34/h10-24,28,30,36-37,39-41,43H,25-27H2,1-9H3,(H,51,55). The van der Waals surface area contributed by atoms with Crippen molar-refractivity contribution in [2.24, 2.45) is 34.0 Å². The summed E-state index contributed by atoms with van der Waals surface area (Å²) in [6.45, 7) is 15.5. The van der Waals surface area contributed by atoms with Crippen molar-refractivity contribution in [2.45, 2.75) is 111 Å². The number of hydrogen-bond acceptors (Lipinski definition) is 11. The summed E-state index contributed by atoms with van der Waals surface area (Å²) in [7, 11) is 0. The van der Waals surface area contributed by atoms with Gasteiger partial charge in [-0.3, -0.25) is 24.0 Å². The van der Waals surface area contributed by atoms with Crippen LogP contribution in [0.5, 0.6) is 0 Å². The van der Waals surface area contributed by atoms with Gasteiger partial charge in [0, 0.05) is 30.2 Å². The van der Waals surface area contributed by atoms with E-state index in [1.807, 2.05) is 64.1 Å². The first-order chi connectivity index (χ1) is 29.3. The first kappa shape index (κ1) is 44.4. The Bertz CT molecular complexity index is 2270. The molecular weight excluding hydrogens is 791 g/mol. The van der Waals surface area contributed by atoms with E-state index in [1.54, 1.807) is 75.4 Å². The van der Waals surface area contributed by atoms with E-state index < -0.39 is 99.7 Å². The van der Waals surface area contributed by atoms with Gasteiger partial charge in [-0.2, -0.15) is 0 Å². The largest absolute Gasteiger partial charge is 0.458 e. The summed E-state index contributed by atoms with van der Waals surface area (Å²) in [6, 6.07) is 25.6.